The van der Waals surface area contributed by atoms with Gasteiger partial charge in [-0.25, -0.2) is 4.99 Å². The fourth-order valence-corrected chi connectivity index (χ4v) is 0.170. The molecule has 4 N–H and O–H groups in total. The molecule has 0 aliphatic carbocycles. The zero-order chi connectivity index (χ0) is 6.78. The van der Waals surface area contributed by atoms with Crippen LogP contribution in [0.3, 0.4) is 0 Å². The fourth-order valence-electron chi connectivity index (χ4n) is 0.170. The molecule has 0 fully saturated rings. The van der Waals surface area contributed by atoms with Crippen molar-refractivity contribution in [3.8, 4) is 0 Å². The predicted octanol–water partition coefficient (Wildman–Crippen LogP) is -1.15. The molecular formula is C4H9N3O. The second kappa shape index (κ2) is 2.02. The molecule has 4 nitrogen and oxygen atoms in total. The molecule has 0 radical (unpaired) electrons. The molecule has 0 saturated carbocycles. The molecule has 8 heavy (non-hydrogen) atoms. The molecule has 0 aromatic carbocycles. The molecule has 0 spiro atoms. The van der Waals surface area contributed by atoms with E-state index in [0.717, 1.165) is 0 Å². The molecule has 0 aromatic rings. The minimum atomic E-state index is -1.36. The average Bonchev–Trinajstić information content (AvgIpc) is 1.62. The van der Waals surface area contributed by atoms with Crippen LogP contribution in [-0.4, -0.2) is 18.3 Å². The van der Waals surface area contributed by atoms with Gasteiger partial charge in [0.2, 0.25) is 0 Å². The number of aliphatic imine (C=N–C) groups is 1. The van der Waals surface area contributed by atoms with Gasteiger partial charge in [-0.3, -0.25) is 4.79 Å². The smallest absolute Gasteiger partial charge is 0.279 e. The van der Waals surface area contributed by atoms with Gasteiger partial charge in [-0.05, 0) is 13.6 Å². The van der Waals surface area contributed by atoms with E-state index in [1.807, 2.05) is 0 Å². The van der Waals surface area contributed by atoms with Crippen molar-refractivity contribution in [1.82, 2.24) is 0 Å². The van der Waals surface area contributed by atoms with Crippen molar-refractivity contribution < 1.29 is 4.79 Å². The Labute approximate surface area is 47.6 Å². The van der Waals surface area contributed by atoms with Crippen LogP contribution >= 0.6 is 0 Å². The highest BCUT2D eigenvalue weighted by Crippen LogP contribution is 1.88. The molecule has 46 valence electrons. The van der Waals surface area contributed by atoms with Crippen molar-refractivity contribution >= 4 is 12.6 Å². The van der Waals surface area contributed by atoms with Crippen LogP contribution in [-0.2, 0) is 4.79 Å². The Bertz CT molecular complexity index is 113. The SMILES string of the molecule is C=NC(=O)C(C)(N)N. The third-order valence-electron chi connectivity index (χ3n) is 0.604. The molecule has 0 unspecified atom stereocenters. The van der Waals surface area contributed by atoms with Crippen LogP contribution in [0.15, 0.2) is 4.99 Å². The summed E-state index contributed by atoms with van der Waals surface area (Å²) in [5.41, 5.74) is 8.81. The first kappa shape index (κ1) is 7.26. The van der Waals surface area contributed by atoms with Gasteiger partial charge in [0.1, 0.15) is 5.66 Å². The first-order valence-electron chi connectivity index (χ1n) is 2.07. The molecule has 0 aromatic heterocycles. The second-order valence-electron chi connectivity index (χ2n) is 1.75. The van der Waals surface area contributed by atoms with Gasteiger partial charge in [0.15, 0.2) is 0 Å². The number of amides is 1. The van der Waals surface area contributed by atoms with Crippen molar-refractivity contribution in [2.45, 2.75) is 12.6 Å². The van der Waals surface area contributed by atoms with Crippen LogP contribution in [0.5, 0.6) is 0 Å². The monoisotopic (exact) mass is 115 g/mol. The molecule has 0 saturated heterocycles. The zero-order valence-corrected chi connectivity index (χ0v) is 4.72. The summed E-state index contributed by atoms with van der Waals surface area (Å²) in [4.78, 5) is 13.4. The highest BCUT2D eigenvalue weighted by atomic mass is 16.2. The maximum Gasteiger partial charge on any atom is 0.279 e. The summed E-state index contributed by atoms with van der Waals surface area (Å²) in [6.45, 7) is 4.33. The van der Waals surface area contributed by atoms with E-state index in [1.54, 1.807) is 0 Å². The van der Waals surface area contributed by atoms with Crippen LogP contribution in [0.25, 0.3) is 0 Å². The summed E-state index contributed by atoms with van der Waals surface area (Å²) in [7, 11) is 0. The van der Waals surface area contributed by atoms with Crippen LogP contribution < -0.4 is 11.5 Å². The fraction of sp³-hybridized carbons (Fsp3) is 0.500. The summed E-state index contributed by atoms with van der Waals surface area (Å²) in [6, 6.07) is 0. The Balaban J connectivity index is 4.02. The van der Waals surface area contributed by atoms with Gasteiger partial charge >= 0.3 is 0 Å². The number of nitrogens with zero attached hydrogens (tertiary/aromatic N) is 1. The quantitative estimate of drug-likeness (QED) is 0.334. The first-order valence-corrected chi connectivity index (χ1v) is 2.07. The van der Waals surface area contributed by atoms with E-state index in [4.69, 9.17) is 11.5 Å². The van der Waals surface area contributed by atoms with E-state index in [-0.39, 0.29) is 0 Å². The number of hydrogen-bond donors (Lipinski definition) is 2. The summed E-state index contributed by atoms with van der Waals surface area (Å²) in [5.74, 6) is -0.600. The average molecular weight is 115 g/mol. The lowest BCUT2D eigenvalue weighted by Crippen LogP contribution is -2.52. The summed E-state index contributed by atoms with van der Waals surface area (Å²) in [6.07, 6.45) is 0. The summed E-state index contributed by atoms with van der Waals surface area (Å²) >= 11 is 0. The highest BCUT2D eigenvalue weighted by molar-refractivity contribution is 5.88. The Kier molecular flexibility index (Phi) is 1.83. The van der Waals surface area contributed by atoms with E-state index in [9.17, 15) is 4.79 Å². The van der Waals surface area contributed by atoms with E-state index < -0.39 is 11.6 Å². The highest BCUT2D eigenvalue weighted by Gasteiger charge is 2.20. The summed E-state index contributed by atoms with van der Waals surface area (Å²) < 4.78 is 0. The van der Waals surface area contributed by atoms with E-state index >= 15 is 0 Å². The van der Waals surface area contributed by atoms with E-state index in [2.05, 4.69) is 11.7 Å². The van der Waals surface area contributed by atoms with Gasteiger partial charge in [-0.2, -0.15) is 0 Å². The van der Waals surface area contributed by atoms with Crippen molar-refractivity contribution in [3.63, 3.8) is 0 Å². The number of rotatable bonds is 1. The largest absolute Gasteiger partial charge is 0.306 e. The van der Waals surface area contributed by atoms with Gasteiger partial charge in [0.25, 0.3) is 5.91 Å². The number of nitrogens with two attached hydrogens (primary N) is 2. The van der Waals surface area contributed by atoms with Crippen molar-refractivity contribution in [1.29, 1.82) is 0 Å². The summed E-state index contributed by atoms with van der Waals surface area (Å²) in [5, 5.41) is 0. The topological polar surface area (TPSA) is 81.5 Å². The molecule has 0 aliphatic heterocycles. The molecule has 4 heteroatoms. The Hall–Kier alpha value is -0.740. The van der Waals surface area contributed by atoms with Crippen LogP contribution in [0, 0.1) is 0 Å². The predicted molar refractivity (Wildman–Crippen MR) is 31.3 cm³/mol. The molecule has 0 heterocycles. The lowest BCUT2D eigenvalue weighted by atomic mass is 10.2. The normalized spacial score (nSPS) is 10.9. The number of carbonyl (C=O) groups is 1. The van der Waals surface area contributed by atoms with Gasteiger partial charge in [0.05, 0.1) is 0 Å². The Morgan fingerprint density at radius 2 is 2.12 bits per heavy atom. The Morgan fingerprint density at radius 1 is 1.75 bits per heavy atom. The van der Waals surface area contributed by atoms with Gasteiger partial charge in [-0.15, -0.1) is 0 Å². The van der Waals surface area contributed by atoms with E-state index in [0.29, 0.717) is 0 Å². The lowest BCUT2D eigenvalue weighted by Gasteiger charge is -2.11. The maximum absolute atomic E-state index is 10.4. The standard InChI is InChI=1S/C4H9N3O/c1-4(5,6)3(8)7-2/h2,5-6H2,1H3. The second-order valence-corrected chi connectivity index (χ2v) is 1.75. The minimum absolute atomic E-state index is 0.600. The molecule has 0 atom stereocenters. The van der Waals surface area contributed by atoms with Crippen LogP contribution in [0.2, 0.25) is 0 Å². The molecule has 1 amide bonds. The third kappa shape index (κ3) is 1.81. The Morgan fingerprint density at radius 3 is 2.12 bits per heavy atom. The number of hydrogen-bond acceptors (Lipinski definition) is 3. The first-order chi connectivity index (χ1) is 3.48. The van der Waals surface area contributed by atoms with Crippen molar-refractivity contribution in [2.24, 2.45) is 16.5 Å². The lowest BCUT2D eigenvalue weighted by molar-refractivity contribution is -0.122. The molecular weight excluding hydrogens is 106 g/mol. The van der Waals surface area contributed by atoms with Gasteiger partial charge in [0, 0.05) is 0 Å². The molecule has 0 rings (SSSR count). The van der Waals surface area contributed by atoms with Gasteiger partial charge in [-0.1, -0.05) is 0 Å². The zero-order valence-electron chi connectivity index (χ0n) is 4.72. The molecule has 0 bridgehead atoms. The minimum Gasteiger partial charge on any atom is -0.306 e. The third-order valence-corrected chi connectivity index (χ3v) is 0.604. The molecule has 0 aliphatic rings. The maximum atomic E-state index is 10.4. The van der Waals surface area contributed by atoms with Crippen LogP contribution in [0.1, 0.15) is 6.92 Å². The van der Waals surface area contributed by atoms with Gasteiger partial charge < -0.3 is 11.5 Å². The van der Waals surface area contributed by atoms with Crippen molar-refractivity contribution in [2.75, 3.05) is 0 Å². The van der Waals surface area contributed by atoms with E-state index in [1.165, 1.54) is 6.92 Å². The number of carbonyl (C=O) groups excluding carboxylic acids is 1. The van der Waals surface area contributed by atoms with Crippen LogP contribution in [0.4, 0.5) is 0 Å². The van der Waals surface area contributed by atoms with Crippen molar-refractivity contribution in [3.05, 3.63) is 0 Å².